The molecule has 0 amide bonds. The molecule has 0 unspecified atom stereocenters. The van der Waals surface area contributed by atoms with Gasteiger partial charge >= 0.3 is 0 Å². The van der Waals surface area contributed by atoms with Crippen LogP contribution in [0.2, 0.25) is 0 Å². The van der Waals surface area contributed by atoms with Gasteiger partial charge in [-0.05, 0) is 31.6 Å². The molecule has 0 aromatic heterocycles. The molecule has 1 fully saturated rings. The third-order valence-electron chi connectivity index (χ3n) is 3.21. The minimum atomic E-state index is 0.527. The van der Waals surface area contributed by atoms with Crippen LogP contribution in [0.5, 0.6) is 0 Å². The maximum absolute atomic E-state index is 5.08. The minimum absolute atomic E-state index is 0.527. The summed E-state index contributed by atoms with van der Waals surface area (Å²) in [6, 6.07) is 0.527. The number of hydrogen-bond donors (Lipinski definition) is 0. The quantitative estimate of drug-likeness (QED) is 0.637. The molecule has 2 heteroatoms. The van der Waals surface area contributed by atoms with Crippen LogP contribution in [0.3, 0.4) is 0 Å². The number of rotatable bonds is 3. The van der Waals surface area contributed by atoms with E-state index in [1.165, 1.54) is 19.3 Å². The lowest BCUT2D eigenvalue weighted by Crippen LogP contribution is -2.29. The maximum Gasteiger partial charge on any atom is 0.0837 e. The highest BCUT2D eigenvalue weighted by atomic mass is 16.5. The second-order valence-electron chi connectivity index (χ2n) is 4.67. The van der Waals surface area contributed by atoms with Crippen molar-refractivity contribution in [3.63, 3.8) is 0 Å². The normalized spacial score (nSPS) is 30.7. The van der Waals surface area contributed by atoms with Gasteiger partial charge in [-0.2, -0.15) is 0 Å². The van der Waals surface area contributed by atoms with Crippen molar-refractivity contribution >= 4 is 5.71 Å². The van der Waals surface area contributed by atoms with E-state index >= 15 is 0 Å². The summed E-state index contributed by atoms with van der Waals surface area (Å²) in [5.74, 6) is 1.48. The van der Waals surface area contributed by atoms with Crippen molar-refractivity contribution < 1.29 is 4.74 Å². The van der Waals surface area contributed by atoms with Crippen molar-refractivity contribution in [3.05, 3.63) is 0 Å². The summed E-state index contributed by atoms with van der Waals surface area (Å²) in [5.41, 5.74) is 1.14. The van der Waals surface area contributed by atoms with Crippen molar-refractivity contribution in [2.45, 2.75) is 46.1 Å². The van der Waals surface area contributed by atoms with E-state index in [0.29, 0.717) is 12.6 Å². The first-order chi connectivity index (χ1) is 6.65. The Labute approximate surface area is 87.8 Å². The molecule has 1 saturated carbocycles. The van der Waals surface area contributed by atoms with Crippen LogP contribution in [0.15, 0.2) is 4.99 Å². The molecular weight excluding hydrogens is 174 g/mol. The van der Waals surface area contributed by atoms with Crippen molar-refractivity contribution in [1.29, 1.82) is 0 Å². The number of nitrogens with zero attached hydrogens (tertiary/aromatic N) is 1. The van der Waals surface area contributed by atoms with Crippen molar-refractivity contribution in [3.8, 4) is 0 Å². The first-order valence-corrected chi connectivity index (χ1v) is 5.67. The van der Waals surface area contributed by atoms with Crippen LogP contribution in [0.4, 0.5) is 0 Å². The zero-order valence-corrected chi connectivity index (χ0v) is 9.92. The predicted octanol–water partition coefficient (Wildman–Crippen LogP) is 2.92. The van der Waals surface area contributed by atoms with Gasteiger partial charge in [0.2, 0.25) is 0 Å². The fraction of sp³-hybridized carbons (Fsp3) is 0.917. The second kappa shape index (κ2) is 5.50. The van der Waals surface area contributed by atoms with E-state index in [4.69, 9.17) is 9.73 Å². The van der Waals surface area contributed by atoms with Gasteiger partial charge < -0.3 is 4.74 Å². The van der Waals surface area contributed by atoms with Crippen molar-refractivity contribution in [1.82, 2.24) is 0 Å². The molecule has 0 spiro atoms. The minimum Gasteiger partial charge on any atom is -0.379 e. The summed E-state index contributed by atoms with van der Waals surface area (Å²) in [5, 5.41) is 0. The van der Waals surface area contributed by atoms with E-state index < -0.39 is 0 Å². The van der Waals surface area contributed by atoms with Gasteiger partial charge in [0.1, 0.15) is 0 Å². The lowest BCUT2D eigenvalue weighted by Gasteiger charge is -2.32. The molecule has 0 bridgehead atoms. The number of hydrogen-bond acceptors (Lipinski definition) is 2. The van der Waals surface area contributed by atoms with Gasteiger partial charge in [-0.1, -0.05) is 20.3 Å². The van der Waals surface area contributed by atoms with Gasteiger partial charge in [0.05, 0.1) is 12.6 Å². The Morgan fingerprint density at radius 3 is 2.36 bits per heavy atom. The van der Waals surface area contributed by atoms with E-state index in [1.807, 2.05) is 0 Å². The van der Waals surface area contributed by atoms with E-state index in [9.17, 15) is 0 Å². The van der Waals surface area contributed by atoms with Crippen LogP contribution in [-0.4, -0.2) is 25.5 Å². The number of aliphatic imine (C=N–C) groups is 1. The average Bonchev–Trinajstić information content (AvgIpc) is 2.12. The molecule has 1 aliphatic rings. The second-order valence-corrected chi connectivity index (χ2v) is 4.67. The Morgan fingerprint density at radius 2 is 1.86 bits per heavy atom. The van der Waals surface area contributed by atoms with Crippen LogP contribution < -0.4 is 0 Å². The molecule has 14 heavy (non-hydrogen) atoms. The summed E-state index contributed by atoms with van der Waals surface area (Å²) in [4.78, 5) is 4.78. The van der Waals surface area contributed by atoms with Crippen LogP contribution in [0, 0.1) is 11.8 Å². The predicted molar refractivity (Wildman–Crippen MR) is 61.0 cm³/mol. The van der Waals surface area contributed by atoms with E-state index in [1.54, 1.807) is 7.11 Å². The Balaban J connectivity index is 2.59. The average molecular weight is 197 g/mol. The zero-order valence-electron chi connectivity index (χ0n) is 9.92. The van der Waals surface area contributed by atoms with Gasteiger partial charge in [0.25, 0.3) is 0 Å². The molecule has 0 aliphatic heterocycles. The smallest absolute Gasteiger partial charge is 0.0837 e. The molecule has 1 rings (SSSR count). The molecule has 0 saturated heterocycles. The van der Waals surface area contributed by atoms with Crippen LogP contribution in [-0.2, 0) is 4.74 Å². The largest absolute Gasteiger partial charge is 0.379 e. The highest BCUT2D eigenvalue weighted by molar-refractivity contribution is 5.83. The summed E-state index contributed by atoms with van der Waals surface area (Å²) in [6.45, 7) is 7.39. The van der Waals surface area contributed by atoms with Crippen LogP contribution in [0.25, 0.3) is 0 Å². The molecule has 0 radical (unpaired) electrons. The van der Waals surface area contributed by atoms with Gasteiger partial charge in [0, 0.05) is 12.8 Å². The van der Waals surface area contributed by atoms with Crippen LogP contribution in [0.1, 0.15) is 40.0 Å². The molecule has 0 aromatic rings. The van der Waals surface area contributed by atoms with Gasteiger partial charge in [-0.15, -0.1) is 0 Å². The van der Waals surface area contributed by atoms with Crippen molar-refractivity contribution in [2.24, 2.45) is 16.8 Å². The maximum atomic E-state index is 5.08. The fourth-order valence-electron chi connectivity index (χ4n) is 2.42. The molecule has 0 heterocycles. The molecule has 0 aromatic carbocycles. The monoisotopic (exact) mass is 197 g/mol. The fourth-order valence-corrected chi connectivity index (χ4v) is 2.42. The van der Waals surface area contributed by atoms with Crippen molar-refractivity contribution in [2.75, 3.05) is 13.7 Å². The van der Waals surface area contributed by atoms with Gasteiger partial charge in [0.15, 0.2) is 0 Å². The molecular formula is C12H23NO. The standard InChI is InChI=1S/C12H23NO/c1-9-6-5-7-10(2)12(9)13-11(3)8-14-4/h9-10,12H,5-8H2,1-4H3/t9-,10-/m1/s1. The number of ether oxygens (including phenoxy) is 1. The Hall–Kier alpha value is -0.370. The van der Waals surface area contributed by atoms with Gasteiger partial charge in [-0.3, -0.25) is 4.99 Å². The molecule has 82 valence electrons. The lowest BCUT2D eigenvalue weighted by molar-refractivity contribution is 0.235. The molecule has 1 aliphatic carbocycles. The molecule has 2 nitrogen and oxygen atoms in total. The van der Waals surface area contributed by atoms with E-state index in [2.05, 4.69) is 20.8 Å². The highest BCUT2D eigenvalue weighted by Crippen LogP contribution is 2.31. The zero-order chi connectivity index (χ0) is 10.6. The summed E-state index contributed by atoms with van der Waals surface area (Å²) in [7, 11) is 1.73. The lowest BCUT2D eigenvalue weighted by atomic mass is 9.79. The van der Waals surface area contributed by atoms with Crippen LogP contribution >= 0.6 is 0 Å². The first kappa shape index (κ1) is 11.7. The third kappa shape index (κ3) is 3.09. The molecule has 0 N–H and O–H groups in total. The first-order valence-electron chi connectivity index (χ1n) is 5.67. The third-order valence-corrected chi connectivity index (χ3v) is 3.21. The summed E-state index contributed by atoms with van der Waals surface area (Å²) < 4.78 is 5.08. The Kier molecular flexibility index (Phi) is 4.59. The van der Waals surface area contributed by atoms with E-state index in [-0.39, 0.29) is 0 Å². The Bertz CT molecular complexity index is 190. The Morgan fingerprint density at radius 1 is 1.29 bits per heavy atom. The highest BCUT2D eigenvalue weighted by Gasteiger charge is 2.26. The molecule has 2 atom stereocenters. The topological polar surface area (TPSA) is 21.6 Å². The number of methoxy groups -OCH3 is 1. The van der Waals surface area contributed by atoms with E-state index in [0.717, 1.165) is 17.5 Å². The summed E-state index contributed by atoms with van der Waals surface area (Å²) in [6.07, 6.45) is 4.04. The SMILES string of the molecule is COCC(C)=NC1[C@H](C)CCC[C@H]1C. The van der Waals surface area contributed by atoms with Gasteiger partial charge in [-0.25, -0.2) is 0 Å². The summed E-state index contributed by atoms with van der Waals surface area (Å²) >= 11 is 0.